The van der Waals surface area contributed by atoms with Gasteiger partial charge in [-0.1, -0.05) is 27.7 Å². The maximum atomic E-state index is 12.3. The molecule has 1 atom stereocenters. The largest absolute Gasteiger partial charge is 0.330 e. The minimum Gasteiger partial charge on any atom is -0.330 e. The standard InChI is InChI=1S/C13H29N3O2S/c1-12(9-14)10-15-5-7-16(8-6-15)19(17,18)11-13(2,3)4/h12H,5-11,14H2,1-4H3. The maximum Gasteiger partial charge on any atom is 0.214 e. The molecule has 1 fully saturated rings. The van der Waals surface area contributed by atoms with E-state index in [4.69, 9.17) is 5.73 Å². The van der Waals surface area contributed by atoms with E-state index in [2.05, 4.69) is 11.8 Å². The van der Waals surface area contributed by atoms with Crippen LogP contribution in [0.15, 0.2) is 0 Å². The summed E-state index contributed by atoms with van der Waals surface area (Å²) in [7, 11) is -3.12. The fraction of sp³-hybridized carbons (Fsp3) is 1.00. The fourth-order valence-electron chi connectivity index (χ4n) is 2.34. The molecule has 114 valence electrons. The Morgan fingerprint density at radius 3 is 2.11 bits per heavy atom. The number of piperazine rings is 1. The van der Waals surface area contributed by atoms with Gasteiger partial charge in [0.2, 0.25) is 10.0 Å². The molecule has 0 saturated carbocycles. The molecule has 0 radical (unpaired) electrons. The zero-order valence-electron chi connectivity index (χ0n) is 12.7. The molecule has 1 heterocycles. The summed E-state index contributed by atoms with van der Waals surface area (Å²) in [6.07, 6.45) is 0. The van der Waals surface area contributed by atoms with Gasteiger partial charge in [0, 0.05) is 32.7 Å². The zero-order chi connectivity index (χ0) is 14.7. The number of rotatable bonds is 5. The zero-order valence-corrected chi connectivity index (χ0v) is 13.5. The first-order valence-electron chi connectivity index (χ1n) is 7.04. The van der Waals surface area contributed by atoms with Crippen LogP contribution in [0.1, 0.15) is 27.7 Å². The lowest BCUT2D eigenvalue weighted by Crippen LogP contribution is -2.51. The van der Waals surface area contributed by atoms with Crippen LogP contribution >= 0.6 is 0 Å². The number of nitrogens with zero attached hydrogens (tertiary/aromatic N) is 2. The van der Waals surface area contributed by atoms with Crippen LogP contribution < -0.4 is 5.73 Å². The third kappa shape index (κ3) is 5.77. The van der Waals surface area contributed by atoms with Gasteiger partial charge in [-0.2, -0.15) is 4.31 Å². The Morgan fingerprint density at radius 1 is 1.16 bits per heavy atom. The second-order valence-corrected chi connectivity index (χ2v) is 8.83. The van der Waals surface area contributed by atoms with E-state index in [0.29, 0.717) is 25.6 Å². The van der Waals surface area contributed by atoms with E-state index in [-0.39, 0.29) is 11.2 Å². The normalized spacial score (nSPS) is 21.5. The average Bonchev–Trinajstić information content (AvgIpc) is 2.26. The second kappa shape index (κ2) is 6.52. The van der Waals surface area contributed by atoms with E-state index in [1.54, 1.807) is 4.31 Å². The summed E-state index contributed by atoms with van der Waals surface area (Å²) in [6.45, 7) is 12.5. The van der Waals surface area contributed by atoms with E-state index in [1.165, 1.54) is 0 Å². The van der Waals surface area contributed by atoms with Crippen molar-refractivity contribution in [3.63, 3.8) is 0 Å². The van der Waals surface area contributed by atoms with Gasteiger partial charge < -0.3 is 10.6 Å². The van der Waals surface area contributed by atoms with E-state index in [1.807, 2.05) is 20.8 Å². The van der Waals surface area contributed by atoms with E-state index >= 15 is 0 Å². The summed E-state index contributed by atoms with van der Waals surface area (Å²) in [5.74, 6) is 0.692. The number of hydrogen-bond donors (Lipinski definition) is 1. The van der Waals surface area contributed by atoms with Crippen molar-refractivity contribution in [2.75, 3.05) is 45.0 Å². The number of nitrogens with two attached hydrogens (primary N) is 1. The molecular formula is C13H29N3O2S. The van der Waals surface area contributed by atoms with Crippen LogP contribution in [0.3, 0.4) is 0 Å². The molecule has 0 amide bonds. The van der Waals surface area contributed by atoms with Crippen LogP contribution in [0.2, 0.25) is 0 Å². The molecule has 0 aromatic heterocycles. The first kappa shape index (κ1) is 16.9. The lowest BCUT2D eigenvalue weighted by Gasteiger charge is -2.36. The van der Waals surface area contributed by atoms with Gasteiger partial charge in [-0.25, -0.2) is 8.42 Å². The minimum absolute atomic E-state index is 0.190. The van der Waals surface area contributed by atoms with Gasteiger partial charge in [-0.05, 0) is 17.9 Å². The molecule has 1 saturated heterocycles. The summed E-state index contributed by atoms with van der Waals surface area (Å²) < 4.78 is 26.2. The predicted molar refractivity (Wildman–Crippen MR) is 79.5 cm³/mol. The van der Waals surface area contributed by atoms with Gasteiger partial charge >= 0.3 is 0 Å². The molecule has 6 heteroatoms. The topological polar surface area (TPSA) is 66.6 Å². The number of sulfonamides is 1. The van der Waals surface area contributed by atoms with E-state index in [9.17, 15) is 8.42 Å². The molecule has 5 nitrogen and oxygen atoms in total. The molecule has 2 N–H and O–H groups in total. The van der Waals surface area contributed by atoms with Gasteiger partial charge in [0.1, 0.15) is 0 Å². The van der Waals surface area contributed by atoms with Crippen molar-refractivity contribution < 1.29 is 8.42 Å². The lowest BCUT2D eigenvalue weighted by atomic mass is 10.0. The van der Waals surface area contributed by atoms with Crippen molar-refractivity contribution in [1.82, 2.24) is 9.21 Å². The monoisotopic (exact) mass is 291 g/mol. The Labute approximate surface area is 118 Å². The van der Waals surface area contributed by atoms with E-state index < -0.39 is 10.0 Å². The van der Waals surface area contributed by atoms with Gasteiger partial charge in [0.05, 0.1) is 5.75 Å². The molecule has 0 aromatic rings. The summed E-state index contributed by atoms with van der Waals surface area (Å²) in [5.41, 5.74) is 5.43. The Bertz CT molecular complexity index is 368. The Balaban J connectivity index is 2.49. The Hall–Kier alpha value is -0.170. The molecule has 1 unspecified atom stereocenters. The molecule has 0 spiro atoms. The second-order valence-electron chi connectivity index (χ2n) is 6.86. The highest BCUT2D eigenvalue weighted by Gasteiger charge is 2.30. The minimum atomic E-state index is -3.12. The summed E-state index contributed by atoms with van der Waals surface area (Å²) in [6, 6.07) is 0. The SMILES string of the molecule is CC(CN)CN1CCN(S(=O)(=O)CC(C)(C)C)CC1. The van der Waals surface area contributed by atoms with Crippen molar-refractivity contribution in [2.24, 2.45) is 17.1 Å². The van der Waals surface area contributed by atoms with Crippen LogP contribution in [-0.4, -0.2) is 62.6 Å². The highest BCUT2D eigenvalue weighted by molar-refractivity contribution is 7.89. The van der Waals surface area contributed by atoms with Gasteiger partial charge in [-0.15, -0.1) is 0 Å². The van der Waals surface area contributed by atoms with Crippen LogP contribution in [0.4, 0.5) is 0 Å². The van der Waals surface area contributed by atoms with Crippen LogP contribution in [0, 0.1) is 11.3 Å². The molecule has 0 aromatic carbocycles. The molecule has 0 aliphatic carbocycles. The van der Waals surface area contributed by atoms with Crippen molar-refractivity contribution in [1.29, 1.82) is 0 Å². The van der Waals surface area contributed by atoms with Crippen molar-refractivity contribution in [3.8, 4) is 0 Å². The molecular weight excluding hydrogens is 262 g/mol. The lowest BCUT2D eigenvalue weighted by molar-refractivity contribution is 0.169. The number of hydrogen-bond acceptors (Lipinski definition) is 4. The summed E-state index contributed by atoms with van der Waals surface area (Å²) in [4.78, 5) is 2.31. The van der Waals surface area contributed by atoms with Crippen LogP contribution in [-0.2, 0) is 10.0 Å². The molecule has 0 bridgehead atoms. The van der Waals surface area contributed by atoms with Crippen molar-refractivity contribution in [3.05, 3.63) is 0 Å². The van der Waals surface area contributed by atoms with Gasteiger partial charge in [0.15, 0.2) is 0 Å². The van der Waals surface area contributed by atoms with Crippen molar-refractivity contribution in [2.45, 2.75) is 27.7 Å². The van der Waals surface area contributed by atoms with Crippen LogP contribution in [0.5, 0.6) is 0 Å². The average molecular weight is 291 g/mol. The molecule has 19 heavy (non-hydrogen) atoms. The van der Waals surface area contributed by atoms with Crippen LogP contribution in [0.25, 0.3) is 0 Å². The Morgan fingerprint density at radius 2 is 1.68 bits per heavy atom. The first-order valence-corrected chi connectivity index (χ1v) is 8.65. The molecule has 1 aliphatic heterocycles. The highest BCUT2D eigenvalue weighted by atomic mass is 32.2. The molecule has 1 aliphatic rings. The fourth-order valence-corrected chi connectivity index (χ4v) is 4.34. The smallest absolute Gasteiger partial charge is 0.214 e. The first-order chi connectivity index (χ1) is 8.64. The molecule has 1 rings (SSSR count). The highest BCUT2D eigenvalue weighted by Crippen LogP contribution is 2.20. The third-order valence-corrected chi connectivity index (χ3v) is 5.70. The Kier molecular flexibility index (Phi) is 5.79. The summed E-state index contributed by atoms with van der Waals surface area (Å²) >= 11 is 0. The van der Waals surface area contributed by atoms with Gasteiger partial charge in [-0.3, -0.25) is 0 Å². The maximum absolute atomic E-state index is 12.3. The van der Waals surface area contributed by atoms with E-state index in [0.717, 1.165) is 19.6 Å². The summed E-state index contributed by atoms with van der Waals surface area (Å²) in [5, 5.41) is 0. The van der Waals surface area contributed by atoms with Gasteiger partial charge in [0.25, 0.3) is 0 Å². The predicted octanol–water partition coefficient (Wildman–Crippen LogP) is 0.575. The third-order valence-electron chi connectivity index (χ3n) is 3.31. The quantitative estimate of drug-likeness (QED) is 0.804. The van der Waals surface area contributed by atoms with Crippen molar-refractivity contribution >= 4 is 10.0 Å².